The van der Waals surface area contributed by atoms with Crippen LogP contribution in [0.25, 0.3) is 0 Å². The van der Waals surface area contributed by atoms with Crippen LogP contribution in [0.1, 0.15) is 59.2 Å². The van der Waals surface area contributed by atoms with E-state index in [9.17, 15) is 9.59 Å². The van der Waals surface area contributed by atoms with Crippen LogP contribution in [0.4, 0.5) is 0 Å². The van der Waals surface area contributed by atoms with Crippen LogP contribution in [0.3, 0.4) is 0 Å². The van der Waals surface area contributed by atoms with E-state index in [2.05, 4.69) is 0 Å². The highest BCUT2D eigenvalue weighted by Gasteiger charge is 2.04. The number of carboxylic acids is 2. The first kappa shape index (κ1) is 20.4. The molecule has 1 saturated carbocycles. The summed E-state index contributed by atoms with van der Waals surface area (Å²) in [6.45, 7) is 0. The van der Waals surface area contributed by atoms with E-state index in [1.54, 1.807) is 0 Å². The Morgan fingerprint density at radius 3 is 1.00 bits per heavy atom. The van der Waals surface area contributed by atoms with Crippen molar-refractivity contribution in [3.8, 4) is 0 Å². The van der Waals surface area contributed by atoms with Crippen LogP contribution in [-0.4, -0.2) is 22.2 Å². The van der Waals surface area contributed by atoms with Gasteiger partial charge < -0.3 is 22.5 Å². The minimum atomic E-state index is -1.06. The van der Waals surface area contributed by atoms with E-state index >= 15 is 0 Å². The van der Waals surface area contributed by atoms with E-state index in [1.165, 1.54) is 62.8 Å². The van der Waals surface area contributed by atoms with Gasteiger partial charge in [0.25, 0.3) is 0 Å². The van der Waals surface area contributed by atoms with Gasteiger partial charge in [0.05, 0.1) is 11.1 Å². The van der Waals surface area contributed by atoms with Gasteiger partial charge in [-0.3, -0.25) is 0 Å². The Balaban J connectivity index is 0. The van der Waals surface area contributed by atoms with Gasteiger partial charge in [0.1, 0.15) is 0 Å². The van der Waals surface area contributed by atoms with Gasteiger partial charge in [-0.05, 0) is 24.3 Å². The Kier molecular flexibility index (Phi) is 11.2. The summed E-state index contributed by atoms with van der Waals surface area (Å²) in [5.74, 6) is -2.13. The molecule has 0 radical (unpaired) electrons. The average molecular weight is 284 g/mol. The minimum absolute atomic E-state index is 0. The van der Waals surface area contributed by atoms with Crippen LogP contribution < -0.4 is 12.3 Å². The monoisotopic (exact) mass is 284 g/mol. The molecule has 2 rings (SSSR count). The predicted molar refractivity (Wildman–Crippen MR) is 78.1 cm³/mol. The summed E-state index contributed by atoms with van der Waals surface area (Å²) in [4.78, 5) is 20.7. The van der Waals surface area contributed by atoms with E-state index in [0.29, 0.717) is 0 Å². The van der Waals surface area contributed by atoms with Crippen molar-refractivity contribution in [2.75, 3.05) is 0 Å². The van der Waals surface area contributed by atoms with Crippen molar-refractivity contribution in [3.05, 3.63) is 35.4 Å². The lowest BCUT2D eigenvalue weighted by molar-refractivity contribution is 0.0681. The fourth-order valence-electron chi connectivity index (χ4n) is 1.82. The molecular weight excluding hydrogens is 260 g/mol. The molecule has 1 aromatic carbocycles. The number of rotatable bonds is 2. The molecule has 20 heavy (non-hydrogen) atoms. The molecule has 6 heteroatoms. The maximum Gasteiger partial charge on any atom is 0.335 e. The molecule has 6 nitrogen and oxygen atoms in total. The maximum absolute atomic E-state index is 10.3. The number of carboxylic acid groups (broad SMARTS) is 2. The van der Waals surface area contributed by atoms with Gasteiger partial charge in [-0.15, -0.1) is 0 Å². The second kappa shape index (κ2) is 11.0. The molecule has 1 aliphatic rings. The Morgan fingerprint density at radius 1 is 0.650 bits per heavy atom. The normalized spacial score (nSPS) is 12.8. The van der Waals surface area contributed by atoms with E-state index in [1.807, 2.05) is 0 Å². The molecule has 8 N–H and O–H groups in total. The summed E-state index contributed by atoms with van der Waals surface area (Å²) in [6.07, 6.45) is 9.00. The molecular formula is C14H24N2O4. The van der Waals surface area contributed by atoms with Crippen molar-refractivity contribution < 1.29 is 19.8 Å². The van der Waals surface area contributed by atoms with E-state index in [0.717, 1.165) is 0 Å². The summed E-state index contributed by atoms with van der Waals surface area (Å²) in [6, 6.07) is 5.02. The van der Waals surface area contributed by atoms with E-state index in [4.69, 9.17) is 10.2 Å². The van der Waals surface area contributed by atoms with E-state index < -0.39 is 11.9 Å². The highest BCUT2D eigenvalue weighted by atomic mass is 16.4. The molecule has 0 heterocycles. The number of hydrogen-bond donors (Lipinski definition) is 4. The van der Waals surface area contributed by atoms with E-state index in [-0.39, 0.29) is 23.4 Å². The molecule has 0 unspecified atom stereocenters. The third-order valence-electron chi connectivity index (χ3n) is 2.88. The van der Waals surface area contributed by atoms with Gasteiger partial charge in [0, 0.05) is 0 Å². The van der Waals surface area contributed by atoms with Gasteiger partial charge in [-0.2, -0.15) is 0 Å². The number of benzene rings is 1. The molecule has 114 valence electrons. The number of aromatic carboxylic acids is 2. The van der Waals surface area contributed by atoms with Crippen LogP contribution >= 0.6 is 0 Å². The van der Waals surface area contributed by atoms with Gasteiger partial charge in [0.15, 0.2) is 0 Å². The van der Waals surface area contributed by atoms with Crippen LogP contribution in [0, 0.1) is 0 Å². The Bertz CT molecular complexity index is 356. The van der Waals surface area contributed by atoms with Crippen molar-refractivity contribution >= 4 is 11.9 Å². The summed E-state index contributed by atoms with van der Waals surface area (Å²) in [7, 11) is 0. The largest absolute Gasteiger partial charge is 0.478 e. The first-order chi connectivity index (χ1) is 8.61. The standard InChI is InChI=1S/C8H6O4.C6H12.2H3N/c9-7(10)5-1-2-6(4-3-5)8(11)12;1-2-4-6-5-3-1;;/h1-4H,(H,9,10)(H,11,12);1-6H2;2*1H3. The third kappa shape index (κ3) is 7.50. The Hall–Kier alpha value is -1.92. The minimum Gasteiger partial charge on any atom is -0.478 e. The van der Waals surface area contributed by atoms with Gasteiger partial charge in [0.2, 0.25) is 0 Å². The lowest BCUT2D eigenvalue weighted by Crippen LogP contribution is -1.99. The number of carbonyl (C=O) groups is 2. The molecule has 0 aromatic heterocycles. The highest BCUT2D eigenvalue weighted by Crippen LogP contribution is 2.15. The number of hydrogen-bond acceptors (Lipinski definition) is 4. The fraction of sp³-hybridized carbons (Fsp3) is 0.429. The predicted octanol–water partition coefficient (Wildman–Crippen LogP) is 3.75. The summed E-state index contributed by atoms with van der Waals surface area (Å²) in [5, 5.41) is 16.9. The fourth-order valence-corrected chi connectivity index (χ4v) is 1.82. The van der Waals surface area contributed by atoms with Crippen molar-refractivity contribution in [1.82, 2.24) is 12.3 Å². The quantitative estimate of drug-likeness (QED) is 0.650. The topological polar surface area (TPSA) is 145 Å². The third-order valence-corrected chi connectivity index (χ3v) is 2.88. The van der Waals surface area contributed by atoms with Crippen LogP contribution in [0.15, 0.2) is 24.3 Å². The molecule has 0 bridgehead atoms. The van der Waals surface area contributed by atoms with Crippen LogP contribution in [0.5, 0.6) is 0 Å². The first-order valence-corrected chi connectivity index (χ1v) is 6.18. The zero-order chi connectivity index (χ0) is 13.4. The smallest absolute Gasteiger partial charge is 0.335 e. The van der Waals surface area contributed by atoms with Crippen LogP contribution in [0.2, 0.25) is 0 Å². The zero-order valence-electron chi connectivity index (χ0n) is 11.7. The summed E-state index contributed by atoms with van der Waals surface area (Å²) in [5.41, 5.74) is 0.167. The molecule has 1 fully saturated rings. The molecule has 0 amide bonds. The lowest BCUT2D eigenvalue weighted by atomic mass is 10.0. The SMILES string of the molecule is C1CCCCC1.N.N.O=C(O)c1ccc(C(=O)O)cc1. The summed E-state index contributed by atoms with van der Waals surface area (Å²) >= 11 is 0. The van der Waals surface area contributed by atoms with Crippen molar-refractivity contribution in [1.29, 1.82) is 0 Å². The first-order valence-electron chi connectivity index (χ1n) is 6.18. The van der Waals surface area contributed by atoms with Gasteiger partial charge in [-0.1, -0.05) is 38.5 Å². The van der Waals surface area contributed by atoms with Crippen molar-refractivity contribution in [2.24, 2.45) is 0 Å². The van der Waals surface area contributed by atoms with Crippen LogP contribution in [-0.2, 0) is 0 Å². The molecule has 0 spiro atoms. The average Bonchev–Trinajstić information content (AvgIpc) is 2.41. The molecule has 0 saturated heterocycles. The Morgan fingerprint density at radius 2 is 0.850 bits per heavy atom. The van der Waals surface area contributed by atoms with Gasteiger partial charge >= 0.3 is 11.9 Å². The second-order valence-electron chi connectivity index (χ2n) is 4.31. The maximum atomic E-state index is 10.3. The second-order valence-corrected chi connectivity index (χ2v) is 4.31. The zero-order valence-corrected chi connectivity index (χ0v) is 11.7. The molecule has 0 atom stereocenters. The lowest BCUT2D eigenvalue weighted by Gasteiger charge is -2.05. The summed E-state index contributed by atoms with van der Waals surface area (Å²) < 4.78 is 0. The highest BCUT2D eigenvalue weighted by molar-refractivity contribution is 5.91. The van der Waals surface area contributed by atoms with Crippen molar-refractivity contribution in [2.45, 2.75) is 38.5 Å². The van der Waals surface area contributed by atoms with Crippen molar-refractivity contribution in [3.63, 3.8) is 0 Å². The molecule has 0 aliphatic heterocycles. The molecule has 1 aromatic rings. The van der Waals surface area contributed by atoms with Gasteiger partial charge in [-0.25, -0.2) is 9.59 Å². The Labute approximate surface area is 119 Å². The molecule has 1 aliphatic carbocycles.